The third-order valence-electron chi connectivity index (χ3n) is 3.30. The number of hydrogen-bond acceptors (Lipinski definition) is 2. The van der Waals surface area contributed by atoms with Gasteiger partial charge in [-0.15, -0.1) is 0 Å². The van der Waals surface area contributed by atoms with Gasteiger partial charge in [0.1, 0.15) is 11.9 Å². The lowest BCUT2D eigenvalue weighted by atomic mass is 10.0. The summed E-state index contributed by atoms with van der Waals surface area (Å²) in [7, 11) is 0. The van der Waals surface area contributed by atoms with Gasteiger partial charge in [0.25, 0.3) is 0 Å². The van der Waals surface area contributed by atoms with Crippen molar-refractivity contribution in [3.63, 3.8) is 0 Å². The van der Waals surface area contributed by atoms with E-state index in [2.05, 4.69) is 39.0 Å². The summed E-state index contributed by atoms with van der Waals surface area (Å²) in [5.74, 6) is 0.863. The SMILES string of the molecule is Cc1ccc(OC(CN)c2cc(C)ccc2C)cc1. The minimum absolute atomic E-state index is 0.0948. The van der Waals surface area contributed by atoms with Crippen LogP contribution in [0.5, 0.6) is 5.75 Å². The second-order valence-corrected chi connectivity index (χ2v) is 5.02. The van der Waals surface area contributed by atoms with E-state index in [1.165, 1.54) is 22.3 Å². The molecular formula is C17H21NO. The predicted molar refractivity (Wildman–Crippen MR) is 79.5 cm³/mol. The molecule has 1 atom stereocenters. The number of rotatable bonds is 4. The lowest BCUT2D eigenvalue weighted by Gasteiger charge is -2.20. The van der Waals surface area contributed by atoms with Crippen LogP contribution in [0.4, 0.5) is 0 Å². The summed E-state index contributed by atoms with van der Waals surface area (Å²) in [4.78, 5) is 0. The van der Waals surface area contributed by atoms with E-state index in [1.54, 1.807) is 0 Å². The molecule has 0 bridgehead atoms. The first-order valence-corrected chi connectivity index (χ1v) is 6.60. The molecule has 0 fully saturated rings. The van der Waals surface area contributed by atoms with Crippen molar-refractivity contribution in [2.24, 2.45) is 5.73 Å². The molecule has 2 aromatic carbocycles. The Morgan fingerprint density at radius 1 is 0.947 bits per heavy atom. The van der Waals surface area contributed by atoms with Crippen molar-refractivity contribution in [3.8, 4) is 5.75 Å². The fraction of sp³-hybridized carbons (Fsp3) is 0.294. The molecule has 100 valence electrons. The summed E-state index contributed by atoms with van der Waals surface area (Å²) in [6, 6.07) is 14.5. The molecule has 0 spiro atoms. The zero-order valence-electron chi connectivity index (χ0n) is 11.8. The molecule has 19 heavy (non-hydrogen) atoms. The van der Waals surface area contributed by atoms with Gasteiger partial charge in [0.15, 0.2) is 0 Å². The van der Waals surface area contributed by atoms with E-state index in [1.807, 2.05) is 24.3 Å². The van der Waals surface area contributed by atoms with Gasteiger partial charge in [0.2, 0.25) is 0 Å². The van der Waals surface area contributed by atoms with Crippen LogP contribution in [0.1, 0.15) is 28.4 Å². The van der Waals surface area contributed by atoms with Crippen molar-refractivity contribution in [2.75, 3.05) is 6.54 Å². The maximum Gasteiger partial charge on any atom is 0.136 e. The summed E-state index contributed by atoms with van der Waals surface area (Å²) in [5, 5.41) is 0. The molecule has 2 N–H and O–H groups in total. The van der Waals surface area contributed by atoms with Gasteiger partial charge in [-0.2, -0.15) is 0 Å². The Labute approximate surface area is 115 Å². The standard InChI is InChI=1S/C17H21NO/c1-12-5-8-15(9-6-12)19-17(11-18)16-10-13(2)4-7-14(16)3/h4-10,17H,11,18H2,1-3H3. The largest absolute Gasteiger partial charge is 0.484 e. The Morgan fingerprint density at radius 3 is 2.21 bits per heavy atom. The molecule has 0 radical (unpaired) electrons. The fourth-order valence-corrected chi connectivity index (χ4v) is 2.13. The van der Waals surface area contributed by atoms with Gasteiger partial charge in [0.05, 0.1) is 0 Å². The number of ether oxygens (including phenoxy) is 1. The van der Waals surface area contributed by atoms with Crippen LogP contribution < -0.4 is 10.5 Å². The predicted octanol–water partition coefficient (Wildman–Crippen LogP) is 3.69. The highest BCUT2D eigenvalue weighted by molar-refractivity contribution is 5.34. The summed E-state index contributed by atoms with van der Waals surface area (Å²) in [5.41, 5.74) is 10.7. The molecule has 2 rings (SSSR count). The first kappa shape index (κ1) is 13.6. The van der Waals surface area contributed by atoms with Crippen LogP contribution in [0, 0.1) is 20.8 Å². The molecule has 2 heteroatoms. The van der Waals surface area contributed by atoms with E-state index >= 15 is 0 Å². The Bertz CT molecular complexity index is 546. The molecule has 0 saturated carbocycles. The molecule has 0 aliphatic carbocycles. The van der Waals surface area contributed by atoms with Crippen molar-refractivity contribution < 1.29 is 4.74 Å². The highest BCUT2D eigenvalue weighted by Gasteiger charge is 2.14. The normalized spacial score (nSPS) is 12.2. The Morgan fingerprint density at radius 2 is 1.58 bits per heavy atom. The number of nitrogens with two attached hydrogens (primary N) is 1. The number of hydrogen-bond donors (Lipinski definition) is 1. The van der Waals surface area contributed by atoms with Crippen LogP contribution in [0.25, 0.3) is 0 Å². The second-order valence-electron chi connectivity index (χ2n) is 5.02. The van der Waals surface area contributed by atoms with Gasteiger partial charge in [-0.1, -0.05) is 41.5 Å². The lowest BCUT2D eigenvalue weighted by molar-refractivity contribution is 0.213. The van der Waals surface area contributed by atoms with Crippen LogP contribution in [-0.2, 0) is 0 Å². The molecular weight excluding hydrogens is 234 g/mol. The molecule has 0 saturated heterocycles. The molecule has 1 unspecified atom stereocenters. The summed E-state index contributed by atoms with van der Waals surface area (Å²) >= 11 is 0. The van der Waals surface area contributed by atoms with Crippen LogP contribution in [0.3, 0.4) is 0 Å². The maximum atomic E-state index is 6.02. The second kappa shape index (κ2) is 5.89. The third kappa shape index (κ3) is 3.36. The van der Waals surface area contributed by atoms with Crippen molar-refractivity contribution in [3.05, 3.63) is 64.7 Å². The highest BCUT2D eigenvalue weighted by Crippen LogP contribution is 2.24. The van der Waals surface area contributed by atoms with E-state index in [9.17, 15) is 0 Å². The monoisotopic (exact) mass is 255 g/mol. The quantitative estimate of drug-likeness (QED) is 0.904. The van der Waals surface area contributed by atoms with Crippen LogP contribution >= 0.6 is 0 Å². The molecule has 0 amide bonds. The van der Waals surface area contributed by atoms with E-state index < -0.39 is 0 Å². The van der Waals surface area contributed by atoms with Crippen molar-refractivity contribution >= 4 is 0 Å². The van der Waals surface area contributed by atoms with Crippen LogP contribution in [0.2, 0.25) is 0 Å². The van der Waals surface area contributed by atoms with Gasteiger partial charge in [-0.25, -0.2) is 0 Å². The topological polar surface area (TPSA) is 35.2 Å². The molecule has 0 aromatic heterocycles. The minimum atomic E-state index is -0.0948. The van der Waals surface area contributed by atoms with E-state index in [4.69, 9.17) is 10.5 Å². The number of benzene rings is 2. The van der Waals surface area contributed by atoms with Crippen molar-refractivity contribution in [1.82, 2.24) is 0 Å². The molecule has 0 aliphatic rings. The van der Waals surface area contributed by atoms with E-state index in [0.29, 0.717) is 6.54 Å². The van der Waals surface area contributed by atoms with Gasteiger partial charge < -0.3 is 10.5 Å². The Kier molecular flexibility index (Phi) is 4.23. The van der Waals surface area contributed by atoms with Crippen LogP contribution in [-0.4, -0.2) is 6.54 Å². The van der Waals surface area contributed by atoms with Crippen LogP contribution in [0.15, 0.2) is 42.5 Å². The van der Waals surface area contributed by atoms with Gasteiger partial charge in [0, 0.05) is 6.54 Å². The maximum absolute atomic E-state index is 6.02. The average molecular weight is 255 g/mol. The summed E-state index contributed by atoms with van der Waals surface area (Å²) < 4.78 is 6.02. The lowest BCUT2D eigenvalue weighted by Crippen LogP contribution is -2.19. The van der Waals surface area contributed by atoms with Crippen molar-refractivity contribution in [1.29, 1.82) is 0 Å². The molecule has 0 heterocycles. The summed E-state index contributed by atoms with van der Waals surface area (Å²) in [6.45, 7) is 6.71. The highest BCUT2D eigenvalue weighted by atomic mass is 16.5. The Balaban J connectivity index is 2.24. The Hall–Kier alpha value is -1.80. The zero-order valence-corrected chi connectivity index (χ0v) is 11.8. The molecule has 2 nitrogen and oxygen atoms in total. The van der Waals surface area contributed by atoms with E-state index in [-0.39, 0.29) is 6.10 Å². The summed E-state index contributed by atoms with van der Waals surface area (Å²) in [6.07, 6.45) is -0.0948. The smallest absolute Gasteiger partial charge is 0.136 e. The molecule has 2 aromatic rings. The first-order chi connectivity index (χ1) is 9.10. The van der Waals surface area contributed by atoms with Crippen molar-refractivity contribution in [2.45, 2.75) is 26.9 Å². The van der Waals surface area contributed by atoms with E-state index in [0.717, 1.165) is 5.75 Å². The fourth-order valence-electron chi connectivity index (χ4n) is 2.13. The van der Waals surface area contributed by atoms with Gasteiger partial charge in [-0.3, -0.25) is 0 Å². The average Bonchev–Trinajstić information content (AvgIpc) is 2.41. The zero-order chi connectivity index (χ0) is 13.8. The molecule has 0 aliphatic heterocycles. The van der Waals surface area contributed by atoms with Gasteiger partial charge in [-0.05, 0) is 44.0 Å². The first-order valence-electron chi connectivity index (χ1n) is 6.60. The minimum Gasteiger partial charge on any atom is -0.484 e. The third-order valence-corrected chi connectivity index (χ3v) is 3.30. The number of aryl methyl sites for hydroxylation is 3. The van der Waals surface area contributed by atoms with Gasteiger partial charge >= 0.3 is 0 Å².